The Labute approximate surface area is 149 Å². The zero-order valence-corrected chi connectivity index (χ0v) is 14.8. The standard InChI is InChI=1S/C21H25NO3/c1-4-14-24-19-9-7-8-17(15-19)22-21(23)20(6-3)25-18-12-10-16(5-2)11-13-18/h4,7-13,15,20H,1,5-6,14H2,2-3H3,(H,22,23)/t20-/m0/s1. The SMILES string of the molecule is C=CCOc1cccc(NC(=O)[C@H](CC)Oc2ccc(CC)cc2)c1. The molecule has 0 fully saturated rings. The second kappa shape index (κ2) is 9.52. The molecule has 0 spiro atoms. The quantitative estimate of drug-likeness (QED) is 0.679. The first-order valence-corrected chi connectivity index (χ1v) is 8.56. The third-order valence-corrected chi connectivity index (χ3v) is 3.74. The molecule has 0 heterocycles. The van der Waals surface area contributed by atoms with Gasteiger partial charge in [0.15, 0.2) is 6.10 Å². The van der Waals surface area contributed by atoms with Crippen LogP contribution in [0, 0.1) is 0 Å². The molecule has 0 radical (unpaired) electrons. The number of ether oxygens (including phenoxy) is 2. The monoisotopic (exact) mass is 339 g/mol. The molecule has 0 bridgehead atoms. The van der Waals surface area contributed by atoms with E-state index in [1.54, 1.807) is 12.1 Å². The Bertz CT molecular complexity index is 695. The Morgan fingerprint density at radius 3 is 2.56 bits per heavy atom. The molecular weight excluding hydrogens is 314 g/mol. The van der Waals surface area contributed by atoms with E-state index in [2.05, 4.69) is 18.8 Å². The second-order valence-corrected chi connectivity index (χ2v) is 5.63. The van der Waals surface area contributed by atoms with Crippen LogP contribution in [0.4, 0.5) is 5.69 Å². The van der Waals surface area contributed by atoms with E-state index in [4.69, 9.17) is 9.47 Å². The van der Waals surface area contributed by atoms with Gasteiger partial charge >= 0.3 is 0 Å². The zero-order chi connectivity index (χ0) is 18.1. The lowest BCUT2D eigenvalue weighted by Crippen LogP contribution is -2.32. The molecule has 0 aromatic heterocycles. The maximum absolute atomic E-state index is 12.5. The summed E-state index contributed by atoms with van der Waals surface area (Å²) in [4.78, 5) is 12.5. The molecule has 1 atom stereocenters. The van der Waals surface area contributed by atoms with E-state index in [1.807, 2.05) is 49.4 Å². The van der Waals surface area contributed by atoms with Crippen LogP contribution in [-0.2, 0) is 11.2 Å². The number of aryl methyl sites for hydroxylation is 1. The van der Waals surface area contributed by atoms with Crippen molar-refractivity contribution in [3.8, 4) is 11.5 Å². The van der Waals surface area contributed by atoms with Crippen molar-refractivity contribution in [2.24, 2.45) is 0 Å². The van der Waals surface area contributed by atoms with Crippen LogP contribution in [0.15, 0.2) is 61.2 Å². The number of rotatable bonds is 9. The summed E-state index contributed by atoms with van der Waals surface area (Å²) >= 11 is 0. The molecule has 1 N–H and O–H groups in total. The first-order valence-electron chi connectivity index (χ1n) is 8.56. The van der Waals surface area contributed by atoms with Gasteiger partial charge < -0.3 is 14.8 Å². The minimum Gasteiger partial charge on any atom is -0.489 e. The van der Waals surface area contributed by atoms with Gasteiger partial charge in [0.1, 0.15) is 18.1 Å². The maximum Gasteiger partial charge on any atom is 0.265 e. The van der Waals surface area contributed by atoms with Gasteiger partial charge in [-0.05, 0) is 42.7 Å². The van der Waals surface area contributed by atoms with Gasteiger partial charge in [0.05, 0.1) is 0 Å². The summed E-state index contributed by atoms with van der Waals surface area (Å²) in [5.74, 6) is 1.20. The summed E-state index contributed by atoms with van der Waals surface area (Å²) in [6.45, 7) is 8.07. The lowest BCUT2D eigenvalue weighted by atomic mass is 10.1. The van der Waals surface area contributed by atoms with Crippen LogP contribution in [-0.4, -0.2) is 18.6 Å². The van der Waals surface area contributed by atoms with E-state index in [9.17, 15) is 4.79 Å². The van der Waals surface area contributed by atoms with Crippen molar-refractivity contribution in [1.29, 1.82) is 0 Å². The lowest BCUT2D eigenvalue weighted by Gasteiger charge is -2.18. The van der Waals surface area contributed by atoms with Gasteiger partial charge in [-0.1, -0.05) is 44.7 Å². The lowest BCUT2D eigenvalue weighted by molar-refractivity contribution is -0.122. The first kappa shape index (κ1) is 18.6. The van der Waals surface area contributed by atoms with E-state index in [0.29, 0.717) is 30.2 Å². The Hall–Kier alpha value is -2.75. The topological polar surface area (TPSA) is 47.6 Å². The van der Waals surface area contributed by atoms with Crippen LogP contribution in [0.25, 0.3) is 0 Å². The summed E-state index contributed by atoms with van der Waals surface area (Å²) in [5, 5.41) is 2.88. The van der Waals surface area contributed by atoms with Gasteiger partial charge in [-0.25, -0.2) is 0 Å². The van der Waals surface area contributed by atoms with Crippen molar-refractivity contribution >= 4 is 11.6 Å². The molecule has 0 aliphatic carbocycles. The number of carbonyl (C=O) groups is 1. The van der Waals surface area contributed by atoms with E-state index in [1.165, 1.54) is 5.56 Å². The maximum atomic E-state index is 12.5. The number of nitrogens with one attached hydrogen (secondary N) is 1. The average molecular weight is 339 g/mol. The fourth-order valence-corrected chi connectivity index (χ4v) is 2.33. The highest BCUT2D eigenvalue weighted by molar-refractivity contribution is 5.94. The molecule has 4 heteroatoms. The summed E-state index contributed by atoms with van der Waals surface area (Å²) < 4.78 is 11.3. The molecule has 0 aliphatic heterocycles. The van der Waals surface area contributed by atoms with Gasteiger partial charge in [0.25, 0.3) is 5.91 Å². The summed E-state index contributed by atoms with van der Waals surface area (Å²) in [5.41, 5.74) is 1.91. The Balaban J connectivity index is 2.00. The molecule has 0 unspecified atom stereocenters. The van der Waals surface area contributed by atoms with E-state index in [-0.39, 0.29) is 5.91 Å². The fourth-order valence-electron chi connectivity index (χ4n) is 2.33. The summed E-state index contributed by atoms with van der Waals surface area (Å²) in [6.07, 6.45) is 2.68. The first-order chi connectivity index (χ1) is 12.2. The smallest absolute Gasteiger partial charge is 0.265 e. The molecule has 0 saturated heterocycles. The largest absolute Gasteiger partial charge is 0.489 e. The number of carbonyl (C=O) groups excluding carboxylic acids is 1. The number of hydrogen-bond acceptors (Lipinski definition) is 3. The highest BCUT2D eigenvalue weighted by Gasteiger charge is 2.18. The normalized spacial score (nSPS) is 11.4. The number of benzene rings is 2. The number of amides is 1. The highest BCUT2D eigenvalue weighted by Crippen LogP contribution is 2.19. The number of anilines is 1. The van der Waals surface area contributed by atoms with Crippen molar-refractivity contribution < 1.29 is 14.3 Å². The molecule has 25 heavy (non-hydrogen) atoms. The van der Waals surface area contributed by atoms with Crippen LogP contribution in [0.5, 0.6) is 11.5 Å². The highest BCUT2D eigenvalue weighted by atomic mass is 16.5. The van der Waals surface area contributed by atoms with Crippen LogP contribution >= 0.6 is 0 Å². The Kier molecular flexibility index (Phi) is 7.08. The summed E-state index contributed by atoms with van der Waals surface area (Å²) in [6, 6.07) is 15.1. The van der Waals surface area contributed by atoms with E-state index in [0.717, 1.165) is 6.42 Å². The van der Waals surface area contributed by atoms with Crippen molar-refractivity contribution in [1.82, 2.24) is 0 Å². The van der Waals surface area contributed by atoms with Gasteiger partial charge in [0, 0.05) is 11.8 Å². The third-order valence-electron chi connectivity index (χ3n) is 3.74. The molecule has 2 rings (SSSR count). The fraction of sp³-hybridized carbons (Fsp3) is 0.286. The van der Waals surface area contributed by atoms with Crippen LogP contribution in [0.1, 0.15) is 25.8 Å². The number of hydrogen-bond donors (Lipinski definition) is 1. The van der Waals surface area contributed by atoms with E-state index < -0.39 is 6.10 Å². The van der Waals surface area contributed by atoms with Gasteiger partial charge in [-0.2, -0.15) is 0 Å². The molecule has 0 saturated carbocycles. The molecule has 0 aliphatic rings. The van der Waals surface area contributed by atoms with Crippen molar-refractivity contribution in [3.05, 3.63) is 66.7 Å². The van der Waals surface area contributed by atoms with Crippen molar-refractivity contribution in [3.63, 3.8) is 0 Å². The predicted molar refractivity (Wildman–Crippen MR) is 101 cm³/mol. The van der Waals surface area contributed by atoms with Gasteiger partial charge in [-0.3, -0.25) is 4.79 Å². The minimum absolute atomic E-state index is 0.178. The molecule has 2 aromatic rings. The van der Waals surface area contributed by atoms with Crippen LogP contribution in [0.3, 0.4) is 0 Å². The van der Waals surface area contributed by atoms with Crippen molar-refractivity contribution in [2.75, 3.05) is 11.9 Å². The minimum atomic E-state index is -0.551. The molecule has 132 valence electrons. The van der Waals surface area contributed by atoms with Gasteiger partial charge in [0.2, 0.25) is 0 Å². The van der Waals surface area contributed by atoms with Crippen molar-refractivity contribution in [2.45, 2.75) is 32.8 Å². The Morgan fingerprint density at radius 1 is 1.16 bits per heavy atom. The van der Waals surface area contributed by atoms with Crippen LogP contribution in [0.2, 0.25) is 0 Å². The average Bonchev–Trinajstić information content (AvgIpc) is 2.65. The molecular formula is C21H25NO3. The third kappa shape index (κ3) is 5.68. The molecule has 2 aromatic carbocycles. The Morgan fingerprint density at radius 2 is 1.92 bits per heavy atom. The van der Waals surface area contributed by atoms with Crippen LogP contribution < -0.4 is 14.8 Å². The van der Waals surface area contributed by atoms with E-state index >= 15 is 0 Å². The molecule has 1 amide bonds. The summed E-state index contributed by atoms with van der Waals surface area (Å²) in [7, 11) is 0. The van der Waals surface area contributed by atoms with Gasteiger partial charge in [-0.15, -0.1) is 0 Å². The zero-order valence-electron chi connectivity index (χ0n) is 14.8. The molecule has 4 nitrogen and oxygen atoms in total. The predicted octanol–water partition coefficient (Wildman–Crippen LogP) is 4.61. The second-order valence-electron chi connectivity index (χ2n) is 5.63.